The fraction of sp³-hybridized carbons (Fsp3) is 1.00. The van der Waals surface area contributed by atoms with E-state index >= 15 is 0 Å². The highest BCUT2D eigenvalue weighted by Gasteiger charge is 2.24. The molecule has 2 nitrogen and oxygen atoms in total. The number of nitrogens with one attached hydrogen (secondary N) is 1. The van der Waals surface area contributed by atoms with Gasteiger partial charge >= 0.3 is 0 Å². The molecule has 0 bridgehead atoms. The Labute approximate surface area is 89.1 Å². The summed E-state index contributed by atoms with van der Waals surface area (Å²) in [5.41, 5.74) is 0. The van der Waals surface area contributed by atoms with E-state index in [1.165, 1.54) is 32.4 Å². The summed E-state index contributed by atoms with van der Waals surface area (Å²) in [6.45, 7) is 11.6. The van der Waals surface area contributed by atoms with Crippen molar-refractivity contribution in [2.45, 2.75) is 65.1 Å². The zero-order valence-electron chi connectivity index (χ0n) is 10.2. The van der Waals surface area contributed by atoms with E-state index in [9.17, 15) is 0 Å². The quantitative estimate of drug-likeness (QED) is 0.745. The molecule has 84 valence electrons. The molecule has 0 spiro atoms. The number of hydrogen-bond acceptors (Lipinski definition) is 2. The van der Waals surface area contributed by atoms with Crippen molar-refractivity contribution in [2.75, 3.05) is 13.1 Å². The topological polar surface area (TPSA) is 15.3 Å². The Morgan fingerprint density at radius 3 is 2.50 bits per heavy atom. The average Bonchev–Trinajstić information content (AvgIpc) is 2.15. The van der Waals surface area contributed by atoms with Crippen LogP contribution in [0.5, 0.6) is 0 Å². The summed E-state index contributed by atoms with van der Waals surface area (Å²) >= 11 is 0. The van der Waals surface area contributed by atoms with Crippen LogP contribution in [0.4, 0.5) is 0 Å². The number of piperidine rings is 1. The third-order valence-electron chi connectivity index (χ3n) is 3.25. The fourth-order valence-electron chi connectivity index (χ4n) is 2.39. The summed E-state index contributed by atoms with van der Waals surface area (Å²) in [6.07, 6.45) is 3.97. The van der Waals surface area contributed by atoms with E-state index in [4.69, 9.17) is 0 Å². The molecule has 14 heavy (non-hydrogen) atoms. The molecule has 1 fully saturated rings. The normalized spacial score (nSPS) is 28.7. The Bertz CT molecular complexity index is 148. The van der Waals surface area contributed by atoms with Crippen molar-refractivity contribution in [3.63, 3.8) is 0 Å². The number of nitrogens with zero attached hydrogens (tertiary/aromatic N) is 1. The second-order valence-corrected chi connectivity index (χ2v) is 4.87. The third kappa shape index (κ3) is 3.25. The summed E-state index contributed by atoms with van der Waals surface area (Å²) in [6, 6.07) is 2.18. The van der Waals surface area contributed by atoms with Crippen LogP contribution in [0.15, 0.2) is 0 Å². The standard InChI is InChI=1S/C12H26N2/c1-5-8-14(10(2)3)12-7-6-11(4)13-9-12/h10-13H,5-9H2,1-4H3. The van der Waals surface area contributed by atoms with E-state index in [1.807, 2.05) is 0 Å². The van der Waals surface area contributed by atoms with Crippen LogP contribution in [0, 0.1) is 0 Å². The zero-order valence-corrected chi connectivity index (χ0v) is 10.2. The van der Waals surface area contributed by atoms with Crippen molar-refractivity contribution >= 4 is 0 Å². The molecule has 0 aromatic carbocycles. The Hall–Kier alpha value is -0.0800. The highest BCUT2D eigenvalue weighted by molar-refractivity contribution is 4.83. The van der Waals surface area contributed by atoms with Gasteiger partial charge in [0.25, 0.3) is 0 Å². The van der Waals surface area contributed by atoms with Crippen molar-refractivity contribution in [2.24, 2.45) is 0 Å². The van der Waals surface area contributed by atoms with Crippen LogP contribution in [-0.4, -0.2) is 36.1 Å². The molecule has 0 saturated carbocycles. The highest BCUT2D eigenvalue weighted by Crippen LogP contribution is 2.16. The lowest BCUT2D eigenvalue weighted by Crippen LogP contribution is -2.51. The summed E-state index contributed by atoms with van der Waals surface area (Å²) in [4.78, 5) is 2.65. The molecule has 0 aromatic rings. The largest absolute Gasteiger partial charge is 0.313 e. The lowest BCUT2D eigenvalue weighted by molar-refractivity contribution is 0.120. The van der Waals surface area contributed by atoms with Crippen LogP contribution in [-0.2, 0) is 0 Å². The van der Waals surface area contributed by atoms with E-state index in [-0.39, 0.29) is 0 Å². The lowest BCUT2D eigenvalue weighted by Gasteiger charge is -2.39. The SMILES string of the molecule is CCCN(C(C)C)C1CCC(C)NC1. The Kier molecular flexibility index (Phi) is 4.90. The van der Waals surface area contributed by atoms with Gasteiger partial charge in [-0.3, -0.25) is 4.90 Å². The molecule has 1 heterocycles. The van der Waals surface area contributed by atoms with Crippen LogP contribution in [0.2, 0.25) is 0 Å². The van der Waals surface area contributed by atoms with E-state index < -0.39 is 0 Å². The predicted molar refractivity (Wildman–Crippen MR) is 62.6 cm³/mol. The van der Waals surface area contributed by atoms with E-state index in [1.54, 1.807) is 0 Å². The van der Waals surface area contributed by atoms with Crippen molar-refractivity contribution in [1.82, 2.24) is 10.2 Å². The highest BCUT2D eigenvalue weighted by atomic mass is 15.2. The average molecular weight is 198 g/mol. The van der Waals surface area contributed by atoms with Gasteiger partial charge in [-0.25, -0.2) is 0 Å². The van der Waals surface area contributed by atoms with Gasteiger partial charge < -0.3 is 5.32 Å². The van der Waals surface area contributed by atoms with Crippen LogP contribution < -0.4 is 5.32 Å². The van der Waals surface area contributed by atoms with Gasteiger partial charge in [-0.05, 0) is 46.6 Å². The molecule has 2 atom stereocenters. The Morgan fingerprint density at radius 2 is 2.07 bits per heavy atom. The molecule has 0 radical (unpaired) electrons. The van der Waals surface area contributed by atoms with Gasteiger partial charge in [-0.2, -0.15) is 0 Å². The maximum absolute atomic E-state index is 3.58. The summed E-state index contributed by atoms with van der Waals surface area (Å²) in [7, 11) is 0. The molecular formula is C12H26N2. The van der Waals surface area contributed by atoms with E-state index in [0.29, 0.717) is 6.04 Å². The van der Waals surface area contributed by atoms with Crippen molar-refractivity contribution in [3.05, 3.63) is 0 Å². The van der Waals surface area contributed by atoms with Gasteiger partial charge in [0.05, 0.1) is 0 Å². The lowest BCUT2D eigenvalue weighted by atomic mass is 9.99. The molecule has 1 saturated heterocycles. The minimum Gasteiger partial charge on any atom is -0.313 e. The third-order valence-corrected chi connectivity index (χ3v) is 3.25. The minimum atomic E-state index is 0.690. The summed E-state index contributed by atoms with van der Waals surface area (Å²) < 4.78 is 0. The maximum Gasteiger partial charge on any atom is 0.0224 e. The van der Waals surface area contributed by atoms with Crippen LogP contribution in [0.25, 0.3) is 0 Å². The van der Waals surface area contributed by atoms with Crippen LogP contribution in [0.3, 0.4) is 0 Å². The van der Waals surface area contributed by atoms with Gasteiger partial charge in [-0.1, -0.05) is 6.92 Å². The van der Waals surface area contributed by atoms with E-state index in [2.05, 4.69) is 37.9 Å². The zero-order chi connectivity index (χ0) is 10.6. The monoisotopic (exact) mass is 198 g/mol. The van der Waals surface area contributed by atoms with Crippen LogP contribution in [0.1, 0.15) is 47.0 Å². The second-order valence-electron chi connectivity index (χ2n) is 4.87. The molecule has 1 aliphatic rings. The smallest absolute Gasteiger partial charge is 0.0224 e. The Balaban J connectivity index is 2.43. The second kappa shape index (κ2) is 5.72. The van der Waals surface area contributed by atoms with Gasteiger partial charge in [0.2, 0.25) is 0 Å². The first-order valence-corrected chi connectivity index (χ1v) is 6.14. The predicted octanol–water partition coefficient (Wildman–Crippen LogP) is 2.25. The number of hydrogen-bond donors (Lipinski definition) is 1. The van der Waals surface area contributed by atoms with Crippen molar-refractivity contribution in [3.8, 4) is 0 Å². The summed E-state index contributed by atoms with van der Waals surface area (Å²) in [5.74, 6) is 0. The first-order valence-electron chi connectivity index (χ1n) is 6.14. The van der Waals surface area contributed by atoms with Gasteiger partial charge in [0.1, 0.15) is 0 Å². The van der Waals surface area contributed by atoms with Gasteiger partial charge in [-0.15, -0.1) is 0 Å². The molecule has 0 amide bonds. The first kappa shape index (κ1) is 12.0. The fourth-order valence-corrected chi connectivity index (χ4v) is 2.39. The molecule has 0 aromatic heterocycles. The molecule has 1 aliphatic heterocycles. The van der Waals surface area contributed by atoms with Gasteiger partial charge in [0.15, 0.2) is 0 Å². The van der Waals surface area contributed by atoms with Gasteiger partial charge in [0, 0.05) is 24.7 Å². The molecule has 2 unspecified atom stereocenters. The maximum atomic E-state index is 3.58. The van der Waals surface area contributed by atoms with Crippen LogP contribution >= 0.6 is 0 Å². The van der Waals surface area contributed by atoms with E-state index in [0.717, 1.165) is 12.1 Å². The molecule has 1 N–H and O–H groups in total. The summed E-state index contributed by atoms with van der Waals surface area (Å²) in [5, 5.41) is 3.58. The first-order chi connectivity index (χ1) is 6.65. The van der Waals surface area contributed by atoms with Crippen molar-refractivity contribution < 1.29 is 0 Å². The molecular weight excluding hydrogens is 172 g/mol. The Morgan fingerprint density at radius 1 is 1.36 bits per heavy atom. The minimum absolute atomic E-state index is 0.690. The van der Waals surface area contributed by atoms with Crippen molar-refractivity contribution in [1.29, 1.82) is 0 Å². The molecule has 2 heteroatoms. The number of rotatable bonds is 4. The molecule has 0 aliphatic carbocycles. The molecule has 1 rings (SSSR count).